The van der Waals surface area contributed by atoms with Gasteiger partial charge in [-0.05, 0) is 54.1 Å². The number of hydrogen-bond donors (Lipinski definition) is 2. The number of aromatic amines is 1. The molecule has 3 aromatic heterocycles. The van der Waals surface area contributed by atoms with E-state index >= 15 is 0 Å². The zero-order valence-corrected chi connectivity index (χ0v) is 15.1. The number of aromatic nitrogens is 1. The Kier molecular flexibility index (Phi) is 3.86. The molecule has 2 N–H and O–H groups in total. The van der Waals surface area contributed by atoms with Gasteiger partial charge in [0.1, 0.15) is 29.9 Å². The second kappa shape index (κ2) is 6.55. The molecule has 142 valence electrons. The molecule has 0 fully saturated rings. The summed E-state index contributed by atoms with van der Waals surface area (Å²) in [5.74, 6) is 0.712. The van der Waals surface area contributed by atoms with E-state index in [2.05, 4.69) is 16.4 Å². The molecule has 4 aromatic rings. The quantitative estimate of drug-likeness (QED) is 0.555. The van der Waals surface area contributed by atoms with E-state index in [9.17, 15) is 4.79 Å². The standard InChI is InChI=1S/C22H15N3O4/c23-12-15-6-8-17(24-15)14-5-7-18-16(11-14)22(19-3-1-9-27-19,20-4-2-10-28-20)29-13-21(26)25-18/h1-11,24H,13H2,(H,25,26). The number of H-pyrrole nitrogens is 1. The summed E-state index contributed by atoms with van der Waals surface area (Å²) in [6, 6.07) is 18.3. The number of rotatable bonds is 3. The average Bonchev–Trinajstić information content (AvgIpc) is 3.51. The lowest BCUT2D eigenvalue weighted by atomic mass is 9.85. The second-order valence-corrected chi connectivity index (χ2v) is 6.63. The Labute approximate surface area is 165 Å². The first-order valence-electron chi connectivity index (χ1n) is 8.96. The van der Waals surface area contributed by atoms with Crippen molar-refractivity contribution in [2.75, 3.05) is 11.9 Å². The van der Waals surface area contributed by atoms with Crippen molar-refractivity contribution in [3.63, 3.8) is 0 Å². The van der Waals surface area contributed by atoms with Gasteiger partial charge in [-0.2, -0.15) is 5.26 Å². The van der Waals surface area contributed by atoms with Crippen LogP contribution in [0.5, 0.6) is 0 Å². The van der Waals surface area contributed by atoms with Crippen molar-refractivity contribution in [1.29, 1.82) is 5.26 Å². The molecular weight excluding hydrogens is 370 g/mol. The SMILES string of the molecule is N#Cc1ccc(-c2ccc3c(c2)C(c2ccco2)(c2ccco2)OCC(=O)N3)[nH]1. The second-order valence-electron chi connectivity index (χ2n) is 6.63. The number of fused-ring (bicyclic) bond motifs is 1. The van der Waals surface area contributed by atoms with Gasteiger partial charge < -0.3 is 23.9 Å². The van der Waals surface area contributed by atoms with Crippen molar-refractivity contribution >= 4 is 11.6 Å². The first-order valence-corrected chi connectivity index (χ1v) is 8.96. The first kappa shape index (κ1) is 17.1. The number of ether oxygens (including phenoxy) is 1. The van der Waals surface area contributed by atoms with Gasteiger partial charge in [-0.3, -0.25) is 4.79 Å². The maximum atomic E-state index is 12.3. The minimum Gasteiger partial charge on any atom is -0.465 e. The Morgan fingerprint density at radius 3 is 2.38 bits per heavy atom. The molecule has 1 aliphatic heterocycles. The smallest absolute Gasteiger partial charge is 0.250 e. The van der Waals surface area contributed by atoms with Gasteiger partial charge in [-0.1, -0.05) is 6.07 Å². The number of nitrogens with zero attached hydrogens (tertiary/aromatic N) is 1. The maximum absolute atomic E-state index is 12.3. The van der Waals surface area contributed by atoms with Crippen LogP contribution < -0.4 is 5.32 Å². The van der Waals surface area contributed by atoms with E-state index in [4.69, 9.17) is 18.8 Å². The molecule has 0 aliphatic carbocycles. The number of nitriles is 1. The third kappa shape index (κ3) is 2.66. The lowest BCUT2D eigenvalue weighted by Crippen LogP contribution is -2.32. The molecule has 1 aliphatic rings. The largest absolute Gasteiger partial charge is 0.465 e. The Hall–Kier alpha value is -4.02. The molecular formula is C22H15N3O4. The normalized spacial score (nSPS) is 15.2. The molecule has 0 radical (unpaired) electrons. The number of benzene rings is 1. The van der Waals surface area contributed by atoms with E-state index in [-0.39, 0.29) is 12.5 Å². The fourth-order valence-corrected chi connectivity index (χ4v) is 3.67. The highest BCUT2D eigenvalue weighted by Gasteiger charge is 2.47. The van der Waals surface area contributed by atoms with Crippen molar-refractivity contribution < 1.29 is 18.4 Å². The lowest BCUT2D eigenvalue weighted by molar-refractivity contribution is -0.124. The van der Waals surface area contributed by atoms with Crippen LogP contribution in [-0.4, -0.2) is 17.5 Å². The molecule has 0 unspecified atom stereocenters. The zero-order chi connectivity index (χ0) is 19.8. The molecule has 0 saturated carbocycles. The maximum Gasteiger partial charge on any atom is 0.250 e. The highest BCUT2D eigenvalue weighted by molar-refractivity contribution is 5.94. The van der Waals surface area contributed by atoms with Gasteiger partial charge in [-0.25, -0.2) is 0 Å². The van der Waals surface area contributed by atoms with Gasteiger partial charge in [0.25, 0.3) is 0 Å². The van der Waals surface area contributed by atoms with Gasteiger partial charge in [0.05, 0.1) is 12.5 Å². The number of hydrogen-bond acceptors (Lipinski definition) is 5. The fourth-order valence-electron chi connectivity index (χ4n) is 3.67. The van der Waals surface area contributed by atoms with Crippen LogP contribution in [0.2, 0.25) is 0 Å². The Bertz CT molecular complexity index is 1180. The van der Waals surface area contributed by atoms with Crippen LogP contribution in [0.15, 0.2) is 76.0 Å². The number of nitrogens with one attached hydrogen (secondary N) is 2. The number of anilines is 1. The fraction of sp³-hybridized carbons (Fsp3) is 0.0909. The molecule has 0 spiro atoms. The molecule has 0 bridgehead atoms. The predicted molar refractivity (Wildman–Crippen MR) is 103 cm³/mol. The van der Waals surface area contributed by atoms with Gasteiger partial charge in [0, 0.05) is 16.9 Å². The molecule has 7 nitrogen and oxygen atoms in total. The highest BCUT2D eigenvalue weighted by Crippen LogP contribution is 2.46. The molecule has 5 rings (SSSR count). The van der Waals surface area contributed by atoms with E-state index in [1.54, 1.807) is 42.9 Å². The molecule has 7 heteroatoms. The van der Waals surface area contributed by atoms with Crippen LogP contribution in [0, 0.1) is 11.3 Å². The van der Waals surface area contributed by atoms with E-state index in [0.29, 0.717) is 28.5 Å². The van der Waals surface area contributed by atoms with E-state index in [0.717, 1.165) is 11.3 Å². The minimum absolute atomic E-state index is 0.174. The number of carbonyl (C=O) groups excluding carboxylic acids is 1. The van der Waals surface area contributed by atoms with E-state index in [1.165, 1.54) is 0 Å². The molecule has 1 amide bonds. The molecule has 0 atom stereocenters. The molecule has 4 heterocycles. The predicted octanol–water partition coefficient (Wildman–Crippen LogP) is 4.00. The summed E-state index contributed by atoms with van der Waals surface area (Å²) < 4.78 is 17.7. The minimum atomic E-state index is -1.25. The topological polar surface area (TPSA) is 104 Å². The van der Waals surface area contributed by atoms with Gasteiger partial charge in [-0.15, -0.1) is 0 Å². The zero-order valence-electron chi connectivity index (χ0n) is 15.1. The lowest BCUT2D eigenvalue weighted by Gasteiger charge is -2.30. The first-order chi connectivity index (χ1) is 14.2. The van der Waals surface area contributed by atoms with Gasteiger partial charge in [0.15, 0.2) is 0 Å². The third-order valence-corrected chi connectivity index (χ3v) is 4.95. The van der Waals surface area contributed by atoms with Crippen molar-refractivity contribution in [3.8, 4) is 17.3 Å². The van der Waals surface area contributed by atoms with E-state index in [1.807, 2.05) is 24.3 Å². The van der Waals surface area contributed by atoms with Crippen LogP contribution in [-0.2, 0) is 15.1 Å². The summed E-state index contributed by atoms with van der Waals surface area (Å²) in [5.41, 5.74) is 2.07. The van der Waals surface area contributed by atoms with Crippen molar-refractivity contribution in [2.45, 2.75) is 5.60 Å². The van der Waals surface area contributed by atoms with Crippen LogP contribution in [0.25, 0.3) is 11.3 Å². The van der Waals surface area contributed by atoms with Crippen molar-refractivity contribution in [1.82, 2.24) is 4.98 Å². The van der Waals surface area contributed by atoms with Crippen molar-refractivity contribution in [2.24, 2.45) is 0 Å². The Morgan fingerprint density at radius 1 is 1.00 bits per heavy atom. The highest BCUT2D eigenvalue weighted by atomic mass is 16.5. The number of furan rings is 2. The molecule has 1 aromatic carbocycles. The summed E-state index contributed by atoms with van der Waals surface area (Å²) in [6.07, 6.45) is 3.11. The van der Waals surface area contributed by atoms with Gasteiger partial charge in [0.2, 0.25) is 11.5 Å². The average molecular weight is 385 g/mol. The monoisotopic (exact) mass is 385 g/mol. The summed E-state index contributed by atoms with van der Waals surface area (Å²) in [5, 5.41) is 12.0. The summed E-state index contributed by atoms with van der Waals surface area (Å²) >= 11 is 0. The molecule has 0 saturated heterocycles. The van der Waals surface area contributed by atoms with Crippen molar-refractivity contribution in [3.05, 3.63) is 89.9 Å². The Morgan fingerprint density at radius 2 is 1.76 bits per heavy atom. The van der Waals surface area contributed by atoms with Crippen LogP contribution in [0.1, 0.15) is 22.8 Å². The van der Waals surface area contributed by atoms with Crippen LogP contribution in [0.3, 0.4) is 0 Å². The number of amides is 1. The van der Waals surface area contributed by atoms with Gasteiger partial charge >= 0.3 is 0 Å². The summed E-state index contributed by atoms with van der Waals surface area (Å²) in [7, 11) is 0. The Balaban J connectivity index is 1.79. The number of carbonyl (C=O) groups is 1. The molecule has 29 heavy (non-hydrogen) atoms. The van der Waals surface area contributed by atoms with Crippen LogP contribution >= 0.6 is 0 Å². The summed E-state index contributed by atoms with van der Waals surface area (Å²) in [6.45, 7) is -0.174. The third-order valence-electron chi connectivity index (χ3n) is 4.95. The van der Waals surface area contributed by atoms with E-state index < -0.39 is 5.60 Å². The summed E-state index contributed by atoms with van der Waals surface area (Å²) in [4.78, 5) is 15.4. The van der Waals surface area contributed by atoms with Crippen LogP contribution in [0.4, 0.5) is 5.69 Å².